The molecule has 1 aromatic rings. The summed E-state index contributed by atoms with van der Waals surface area (Å²) >= 11 is 0. The first-order valence-electron chi connectivity index (χ1n) is 4.33. The fourth-order valence-corrected chi connectivity index (χ4v) is 1.42. The Bertz CT molecular complexity index is 214. The second-order valence-corrected chi connectivity index (χ2v) is 3.16. The number of hydrogen-bond acceptors (Lipinski definition) is 2. The highest BCUT2D eigenvalue weighted by Gasteiger charge is 2.14. The summed E-state index contributed by atoms with van der Waals surface area (Å²) in [4.78, 5) is 3.97. The number of ether oxygens (including phenoxy) is 1. The van der Waals surface area contributed by atoms with Gasteiger partial charge in [-0.25, -0.2) is 4.98 Å². The molecule has 3 heteroatoms. The highest BCUT2D eigenvalue weighted by atomic mass is 16.5. The standard InChI is InChI=1S/C9H13N2O/c1(9-2-6-12-7-9)4-11-5-3-10-8-11/h3-5,8-9H,1-2,6-7H2. The van der Waals surface area contributed by atoms with E-state index in [0.29, 0.717) is 5.92 Å². The number of nitrogens with zero attached hydrogens (tertiary/aromatic N) is 2. The summed E-state index contributed by atoms with van der Waals surface area (Å²) in [7, 11) is 0. The van der Waals surface area contributed by atoms with E-state index in [-0.39, 0.29) is 0 Å². The van der Waals surface area contributed by atoms with Crippen LogP contribution in [0, 0.1) is 12.5 Å². The summed E-state index contributed by atoms with van der Waals surface area (Å²) in [6.07, 6.45) is 7.86. The second kappa shape index (κ2) is 3.72. The van der Waals surface area contributed by atoms with Crippen molar-refractivity contribution in [3.05, 3.63) is 25.3 Å². The zero-order valence-electron chi connectivity index (χ0n) is 7.02. The normalized spacial score (nSPS) is 23.2. The third-order valence-corrected chi connectivity index (χ3v) is 2.20. The van der Waals surface area contributed by atoms with Crippen molar-refractivity contribution >= 4 is 0 Å². The number of rotatable bonds is 3. The Morgan fingerprint density at radius 3 is 3.33 bits per heavy atom. The lowest BCUT2D eigenvalue weighted by atomic mass is 10.1. The number of hydrogen-bond donors (Lipinski definition) is 0. The lowest BCUT2D eigenvalue weighted by Gasteiger charge is -2.06. The van der Waals surface area contributed by atoms with E-state index in [1.54, 1.807) is 6.20 Å². The van der Waals surface area contributed by atoms with Crippen LogP contribution in [0.3, 0.4) is 0 Å². The van der Waals surface area contributed by atoms with Crippen molar-refractivity contribution in [2.45, 2.75) is 12.8 Å². The summed E-state index contributed by atoms with van der Waals surface area (Å²) in [5.74, 6) is 0.715. The molecule has 0 bridgehead atoms. The number of aromatic nitrogens is 2. The molecule has 2 rings (SSSR count). The molecule has 12 heavy (non-hydrogen) atoms. The molecule has 1 fully saturated rings. The molecule has 1 aliphatic heterocycles. The van der Waals surface area contributed by atoms with Gasteiger partial charge in [-0.3, -0.25) is 0 Å². The van der Waals surface area contributed by atoms with E-state index in [0.717, 1.165) is 19.6 Å². The molecule has 0 aliphatic carbocycles. The molecule has 1 aromatic heterocycles. The maximum absolute atomic E-state index is 5.28. The number of imidazole rings is 1. The van der Waals surface area contributed by atoms with Crippen molar-refractivity contribution in [2.24, 2.45) is 5.92 Å². The average Bonchev–Trinajstić information content (AvgIpc) is 2.74. The summed E-state index contributed by atoms with van der Waals surface area (Å²) in [6.45, 7) is 4.01. The van der Waals surface area contributed by atoms with Gasteiger partial charge in [0, 0.05) is 25.6 Å². The zero-order chi connectivity index (χ0) is 8.23. The smallest absolute Gasteiger partial charge is 0.0949 e. The van der Waals surface area contributed by atoms with Crippen molar-refractivity contribution in [3.63, 3.8) is 0 Å². The lowest BCUT2D eigenvalue weighted by Crippen LogP contribution is -2.02. The van der Waals surface area contributed by atoms with Crippen molar-refractivity contribution in [3.8, 4) is 0 Å². The molecule has 0 N–H and O–H groups in total. The predicted molar refractivity (Wildman–Crippen MR) is 45.5 cm³/mol. The summed E-state index contributed by atoms with van der Waals surface area (Å²) < 4.78 is 7.28. The van der Waals surface area contributed by atoms with E-state index in [2.05, 4.69) is 11.5 Å². The van der Waals surface area contributed by atoms with E-state index in [9.17, 15) is 0 Å². The predicted octanol–water partition coefficient (Wildman–Crippen LogP) is 1.32. The van der Waals surface area contributed by atoms with Crippen LogP contribution in [0.25, 0.3) is 0 Å². The van der Waals surface area contributed by atoms with Crippen LogP contribution < -0.4 is 0 Å². The topological polar surface area (TPSA) is 27.1 Å². The van der Waals surface area contributed by atoms with Crippen molar-refractivity contribution in [1.82, 2.24) is 9.55 Å². The maximum Gasteiger partial charge on any atom is 0.0949 e. The Morgan fingerprint density at radius 1 is 1.67 bits per heavy atom. The van der Waals surface area contributed by atoms with Crippen LogP contribution in [-0.2, 0) is 4.74 Å². The molecule has 1 saturated heterocycles. The molecule has 0 aromatic carbocycles. The van der Waals surface area contributed by atoms with E-state index < -0.39 is 0 Å². The summed E-state index contributed by atoms with van der Waals surface area (Å²) in [5, 5.41) is 0. The van der Waals surface area contributed by atoms with E-state index >= 15 is 0 Å². The Balaban J connectivity index is 1.74. The third kappa shape index (κ3) is 1.85. The molecule has 0 saturated carbocycles. The first kappa shape index (κ1) is 7.80. The molecule has 2 heterocycles. The van der Waals surface area contributed by atoms with Gasteiger partial charge in [-0.1, -0.05) is 0 Å². The minimum absolute atomic E-state index is 0.715. The van der Waals surface area contributed by atoms with E-state index in [1.165, 1.54) is 6.42 Å². The van der Waals surface area contributed by atoms with Gasteiger partial charge < -0.3 is 9.30 Å². The molecule has 1 unspecified atom stereocenters. The van der Waals surface area contributed by atoms with Gasteiger partial charge in [-0.05, 0) is 18.8 Å². The van der Waals surface area contributed by atoms with Crippen LogP contribution in [0.15, 0.2) is 18.7 Å². The Hall–Kier alpha value is -0.830. The van der Waals surface area contributed by atoms with E-state index in [1.807, 2.05) is 17.1 Å². The summed E-state index contributed by atoms with van der Waals surface area (Å²) in [5.41, 5.74) is 0. The quantitative estimate of drug-likeness (QED) is 0.675. The minimum atomic E-state index is 0.715. The van der Waals surface area contributed by atoms with Gasteiger partial charge in [0.15, 0.2) is 0 Å². The Kier molecular flexibility index (Phi) is 2.42. The zero-order valence-corrected chi connectivity index (χ0v) is 7.02. The average molecular weight is 165 g/mol. The first-order valence-corrected chi connectivity index (χ1v) is 4.33. The Morgan fingerprint density at radius 2 is 2.67 bits per heavy atom. The van der Waals surface area contributed by atoms with Gasteiger partial charge in [0.05, 0.1) is 12.9 Å². The molecule has 1 aliphatic rings. The van der Waals surface area contributed by atoms with Gasteiger partial charge in [0.1, 0.15) is 0 Å². The van der Waals surface area contributed by atoms with Crippen LogP contribution >= 0.6 is 0 Å². The molecule has 65 valence electrons. The Labute approximate surface area is 72.4 Å². The van der Waals surface area contributed by atoms with Gasteiger partial charge in [-0.15, -0.1) is 0 Å². The van der Waals surface area contributed by atoms with Crippen LogP contribution in [0.2, 0.25) is 0 Å². The second-order valence-electron chi connectivity index (χ2n) is 3.16. The van der Waals surface area contributed by atoms with Gasteiger partial charge in [-0.2, -0.15) is 0 Å². The molecular weight excluding hydrogens is 152 g/mol. The van der Waals surface area contributed by atoms with Gasteiger partial charge >= 0.3 is 0 Å². The van der Waals surface area contributed by atoms with Crippen LogP contribution in [0.1, 0.15) is 12.8 Å². The van der Waals surface area contributed by atoms with Crippen LogP contribution in [0.5, 0.6) is 0 Å². The van der Waals surface area contributed by atoms with Crippen molar-refractivity contribution < 1.29 is 4.74 Å². The van der Waals surface area contributed by atoms with Gasteiger partial charge in [0.25, 0.3) is 0 Å². The van der Waals surface area contributed by atoms with Crippen molar-refractivity contribution in [2.75, 3.05) is 13.2 Å². The largest absolute Gasteiger partial charge is 0.381 e. The molecule has 1 atom stereocenters. The first-order chi connectivity index (χ1) is 5.95. The molecule has 1 radical (unpaired) electrons. The van der Waals surface area contributed by atoms with Crippen LogP contribution in [0.4, 0.5) is 0 Å². The SMILES string of the molecule is [CH](CC1CCOC1)n1ccnc1. The highest BCUT2D eigenvalue weighted by Crippen LogP contribution is 2.17. The monoisotopic (exact) mass is 165 g/mol. The van der Waals surface area contributed by atoms with E-state index in [4.69, 9.17) is 4.74 Å². The van der Waals surface area contributed by atoms with Crippen LogP contribution in [-0.4, -0.2) is 22.8 Å². The molecule has 0 spiro atoms. The fourth-order valence-electron chi connectivity index (χ4n) is 1.42. The fraction of sp³-hybridized carbons (Fsp3) is 0.556. The lowest BCUT2D eigenvalue weighted by molar-refractivity contribution is 0.185. The van der Waals surface area contributed by atoms with Gasteiger partial charge in [0.2, 0.25) is 0 Å². The molecule has 0 amide bonds. The van der Waals surface area contributed by atoms with Crippen molar-refractivity contribution in [1.29, 1.82) is 0 Å². The highest BCUT2D eigenvalue weighted by molar-refractivity contribution is 4.84. The molecule has 3 nitrogen and oxygen atoms in total. The molecular formula is C9H13N2O. The minimum Gasteiger partial charge on any atom is -0.381 e. The summed E-state index contributed by atoms with van der Waals surface area (Å²) in [6, 6.07) is 0. The maximum atomic E-state index is 5.28. The third-order valence-electron chi connectivity index (χ3n) is 2.20.